The van der Waals surface area contributed by atoms with Gasteiger partial charge in [-0.25, -0.2) is 4.79 Å². The lowest BCUT2D eigenvalue weighted by atomic mass is 9.86. The van der Waals surface area contributed by atoms with Crippen molar-refractivity contribution in [2.24, 2.45) is 21.8 Å². The third kappa shape index (κ3) is 3.72. The fraction of sp³-hybridized carbons (Fsp3) is 0.750. The van der Waals surface area contributed by atoms with Crippen LogP contribution in [-0.2, 0) is 9.59 Å². The Labute approximate surface area is 160 Å². The van der Waals surface area contributed by atoms with Crippen LogP contribution >= 0.6 is 23.5 Å². The number of likely N-dealkylation sites (tertiary alicyclic amines) is 1. The number of amidine groups is 1. The summed E-state index contributed by atoms with van der Waals surface area (Å²) in [4.78, 5) is 34.0. The molecule has 0 saturated carbocycles. The Morgan fingerprint density at radius 1 is 1.35 bits per heavy atom. The molecule has 0 spiro atoms. The summed E-state index contributed by atoms with van der Waals surface area (Å²) in [5, 5.41) is 29.7. The van der Waals surface area contributed by atoms with Crippen LogP contribution in [0.1, 0.15) is 13.8 Å². The number of aliphatic carboxylic acids is 2. The maximum Gasteiger partial charge on any atom is 0.350 e. The Morgan fingerprint density at radius 2 is 2.04 bits per heavy atom. The molecule has 144 valence electrons. The van der Waals surface area contributed by atoms with Gasteiger partial charge in [-0.05, 0) is 12.8 Å². The van der Waals surface area contributed by atoms with Crippen LogP contribution in [0.5, 0.6) is 0 Å². The Hall–Kier alpha value is -1.26. The molecule has 0 radical (unpaired) electrons. The van der Waals surface area contributed by atoms with Gasteiger partial charge in [0, 0.05) is 24.1 Å². The molecule has 0 unspecified atom stereocenters. The number of aliphatic hydroxyl groups excluding tert-OH is 1. The molecular weight excluding hydrogens is 378 g/mol. The van der Waals surface area contributed by atoms with Crippen LogP contribution in [0.3, 0.4) is 0 Å². The van der Waals surface area contributed by atoms with Gasteiger partial charge < -0.3 is 20.2 Å². The minimum absolute atomic E-state index is 0.0189. The highest BCUT2D eigenvalue weighted by Crippen LogP contribution is 2.40. The van der Waals surface area contributed by atoms with E-state index in [2.05, 4.69) is 14.9 Å². The van der Waals surface area contributed by atoms with Gasteiger partial charge in [0.05, 0.1) is 23.9 Å². The van der Waals surface area contributed by atoms with Crippen molar-refractivity contribution in [1.29, 1.82) is 0 Å². The first-order valence-electron chi connectivity index (χ1n) is 8.59. The maximum atomic E-state index is 11.6. The lowest BCUT2D eigenvalue weighted by molar-refractivity contribution is -0.146. The normalized spacial score (nSPS) is 31.2. The molecule has 5 atom stereocenters. The van der Waals surface area contributed by atoms with Crippen molar-refractivity contribution < 1.29 is 24.9 Å². The number of hydrogen-bond acceptors (Lipinski definition) is 8. The van der Waals surface area contributed by atoms with E-state index in [4.69, 9.17) is 0 Å². The molecule has 3 aliphatic rings. The quantitative estimate of drug-likeness (QED) is 0.588. The van der Waals surface area contributed by atoms with Crippen LogP contribution < -0.4 is 0 Å². The maximum absolute atomic E-state index is 11.6. The van der Waals surface area contributed by atoms with Crippen molar-refractivity contribution in [1.82, 2.24) is 4.90 Å². The molecule has 1 saturated heterocycles. The predicted molar refractivity (Wildman–Crippen MR) is 102 cm³/mol. The Kier molecular flexibility index (Phi) is 5.83. The van der Waals surface area contributed by atoms with E-state index < -0.39 is 30.0 Å². The van der Waals surface area contributed by atoms with Crippen molar-refractivity contribution in [3.8, 4) is 0 Å². The van der Waals surface area contributed by atoms with Gasteiger partial charge in [-0.2, -0.15) is 0 Å². The summed E-state index contributed by atoms with van der Waals surface area (Å²) >= 11 is 3.30. The van der Waals surface area contributed by atoms with Gasteiger partial charge in [0.1, 0.15) is 11.6 Å². The van der Waals surface area contributed by atoms with Gasteiger partial charge >= 0.3 is 11.9 Å². The lowest BCUT2D eigenvalue weighted by Crippen LogP contribution is -2.52. The van der Waals surface area contributed by atoms with Crippen LogP contribution in [0.2, 0.25) is 0 Å². The first kappa shape index (κ1) is 19.5. The average Bonchev–Trinajstić information content (AvgIpc) is 3.12. The minimum Gasteiger partial charge on any atom is -0.481 e. The molecule has 26 heavy (non-hydrogen) atoms. The number of carbonyl (C=O) groups is 2. The van der Waals surface area contributed by atoms with Crippen LogP contribution in [0.25, 0.3) is 0 Å². The average molecular weight is 402 g/mol. The van der Waals surface area contributed by atoms with E-state index in [0.717, 1.165) is 30.6 Å². The van der Waals surface area contributed by atoms with Crippen LogP contribution in [0.15, 0.2) is 9.98 Å². The third-order valence-corrected chi connectivity index (χ3v) is 7.65. The number of thioether (sulfide) groups is 2. The van der Waals surface area contributed by atoms with Gasteiger partial charge in [0.2, 0.25) is 0 Å². The molecule has 0 aromatic carbocycles. The molecule has 0 aliphatic carbocycles. The number of nitrogens with zero attached hydrogens (tertiary/aromatic N) is 3. The third-order valence-electron chi connectivity index (χ3n) is 4.99. The Morgan fingerprint density at radius 3 is 2.54 bits per heavy atom. The smallest absolute Gasteiger partial charge is 0.350 e. The molecule has 3 heterocycles. The monoisotopic (exact) mass is 401 g/mol. The second-order valence-electron chi connectivity index (χ2n) is 6.87. The van der Waals surface area contributed by atoms with E-state index in [9.17, 15) is 24.9 Å². The molecule has 8 nitrogen and oxygen atoms in total. The highest BCUT2D eigenvalue weighted by molar-refractivity contribution is 8.14. The number of aliphatic imine (C=N–C) groups is 2. The SMILES string of the molecule is C[C@@H]1[C@H]([C@H](C(=O)O)[C@@H](C)O)N=C(C(=O)O)[C@H]1SC1CN(C2=NCCS2)C1. The van der Waals surface area contributed by atoms with E-state index in [-0.39, 0.29) is 22.1 Å². The van der Waals surface area contributed by atoms with Gasteiger partial charge in [-0.3, -0.25) is 14.8 Å². The molecule has 3 rings (SSSR count). The second kappa shape index (κ2) is 7.77. The zero-order chi connectivity index (χ0) is 19.0. The van der Waals surface area contributed by atoms with E-state index in [0.29, 0.717) is 0 Å². The summed E-state index contributed by atoms with van der Waals surface area (Å²) in [5.41, 5.74) is 0.0189. The topological polar surface area (TPSA) is 123 Å². The standard InChI is InChI=1S/C16H23N3O5S2/c1-7-11(10(8(2)20)14(21)22)18-12(15(23)24)13(7)26-9-5-19(6-9)16-17-3-4-25-16/h7-11,13,20H,3-6H2,1-2H3,(H,21,22)(H,23,24)/t7-,8-,10-,11-,13+/m1/s1. The summed E-state index contributed by atoms with van der Waals surface area (Å²) in [6.45, 7) is 5.71. The number of carboxylic acids is 2. The molecule has 10 heteroatoms. The fourth-order valence-corrected chi connectivity index (χ4v) is 6.12. The molecule has 1 fully saturated rings. The fourth-order valence-electron chi connectivity index (χ4n) is 3.59. The van der Waals surface area contributed by atoms with Crippen molar-refractivity contribution in [2.45, 2.75) is 36.5 Å². The summed E-state index contributed by atoms with van der Waals surface area (Å²) in [6, 6.07) is -0.734. The zero-order valence-electron chi connectivity index (χ0n) is 14.6. The van der Waals surface area contributed by atoms with Crippen LogP contribution in [0.4, 0.5) is 0 Å². The molecule has 3 aliphatic heterocycles. The van der Waals surface area contributed by atoms with E-state index in [1.165, 1.54) is 6.92 Å². The Bertz CT molecular complexity index is 648. The molecule has 0 bridgehead atoms. The van der Waals surface area contributed by atoms with Gasteiger partial charge in [0.25, 0.3) is 0 Å². The lowest BCUT2D eigenvalue weighted by Gasteiger charge is -2.41. The van der Waals surface area contributed by atoms with Crippen molar-refractivity contribution >= 4 is 46.3 Å². The first-order valence-corrected chi connectivity index (χ1v) is 10.5. The number of rotatable bonds is 6. The highest BCUT2D eigenvalue weighted by atomic mass is 32.2. The minimum atomic E-state index is -1.15. The molecule has 3 N–H and O–H groups in total. The summed E-state index contributed by atoms with van der Waals surface area (Å²) in [5.74, 6) is -2.63. The molecular formula is C16H23N3O5S2. The van der Waals surface area contributed by atoms with Gasteiger partial charge in [0.15, 0.2) is 5.17 Å². The number of hydrogen-bond donors (Lipinski definition) is 3. The van der Waals surface area contributed by atoms with Gasteiger partial charge in [-0.1, -0.05) is 18.7 Å². The van der Waals surface area contributed by atoms with Crippen LogP contribution in [-0.4, -0.2) is 91.1 Å². The molecule has 0 amide bonds. The highest BCUT2D eigenvalue weighted by Gasteiger charge is 2.48. The van der Waals surface area contributed by atoms with E-state index in [1.54, 1.807) is 23.5 Å². The van der Waals surface area contributed by atoms with E-state index >= 15 is 0 Å². The molecule has 0 aromatic heterocycles. The Balaban J connectivity index is 1.68. The number of carboxylic acid groups (broad SMARTS) is 2. The van der Waals surface area contributed by atoms with Crippen molar-refractivity contribution in [3.63, 3.8) is 0 Å². The van der Waals surface area contributed by atoms with Crippen LogP contribution in [0, 0.1) is 11.8 Å². The largest absolute Gasteiger partial charge is 0.481 e. The first-order chi connectivity index (χ1) is 12.3. The van der Waals surface area contributed by atoms with E-state index in [1.807, 2.05) is 6.92 Å². The zero-order valence-corrected chi connectivity index (χ0v) is 16.2. The van der Waals surface area contributed by atoms with Crippen molar-refractivity contribution in [2.75, 3.05) is 25.4 Å². The van der Waals surface area contributed by atoms with Crippen molar-refractivity contribution in [3.05, 3.63) is 0 Å². The summed E-state index contributed by atoms with van der Waals surface area (Å²) < 4.78 is 0. The summed E-state index contributed by atoms with van der Waals surface area (Å²) in [6.07, 6.45) is -1.10. The predicted octanol–water partition coefficient (Wildman–Crippen LogP) is 0.501. The van der Waals surface area contributed by atoms with Gasteiger partial charge in [-0.15, -0.1) is 11.8 Å². The second-order valence-corrected chi connectivity index (χ2v) is 9.38. The summed E-state index contributed by atoms with van der Waals surface area (Å²) in [7, 11) is 0. The molecule has 0 aromatic rings. The number of aliphatic hydroxyl groups is 1.